The van der Waals surface area contributed by atoms with E-state index in [1.54, 1.807) is 0 Å². The number of amides is 1. The summed E-state index contributed by atoms with van der Waals surface area (Å²) in [5, 5.41) is 39.1. The van der Waals surface area contributed by atoms with Gasteiger partial charge < -0.3 is 25.7 Å². The first-order valence-corrected chi connectivity index (χ1v) is 6.89. The number of benzene rings is 2. The number of rotatable bonds is 5. The van der Waals surface area contributed by atoms with Crippen LogP contribution in [-0.4, -0.2) is 38.3 Å². The predicted octanol–water partition coefficient (Wildman–Crippen LogP) is 1.90. The van der Waals surface area contributed by atoms with Crippen molar-refractivity contribution >= 4 is 29.6 Å². The van der Waals surface area contributed by atoms with Gasteiger partial charge in [-0.3, -0.25) is 4.79 Å². The number of carbonyl (C=O) groups excluding carboxylic acids is 1. The van der Waals surface area contributed by atoms with Gasteiger partial charge in [0.05, 0.1) is 11.3 Å². The maximum Gasteiger partial charge on any atom is 0.341 e. The fourth-order valence-electron chi connectivity index (χ4n) is 1.97. The summed E-state index contributed by atoms with van der Waals surface area (Å²) in [4.78, 5) is 34.7. The second-order valence-electron chi connectivity index (χ2n) is 4.94. The number of hydrogen-bond acceptors (Lipinski definition) is 5. The zero-order chi connectivity index (χ0) is 18.6. The van der Waals surface area contributed by atoms with Crippen molar-refractivity contribution in [3.8, 4) is 11.5 Å². The summed E-state index contributed by atoms with van der Waals surface area (Å²) in [5.74, 6) is -4.28. The molecule has 0 radical (unpaired) electrons. The Kier molecular flexibility index (Phi) is 5.03. The minimum atomic E-state index is -1.51. The van der Waals surface area contributed by atoms with Crippen LogP contribution in [0.5, 0.6) is 11.5 Å². The molecule has 0 spiro atoms. The quantitative estimate of drug-likeness (QED) is 0.241. The van der Waals surface area contributed by atoms with E-state index in [4.69, 9.17) is 5.11 Å². The van der Waals surface area contributed by atoms with Crippen molar-refractivity contribution in [1.82, 2.24) is 0 Å². The fraction of sp³-hybridized carbons (Fsp3) is 0. The van der Waals surface area contributed by atoms with E-state index >= 15 is 0 Å². The summed E-state index contributed by atoms with van der Waals surface area (Å²) in [6.45, 7) is 0. The molecule has 0 bridgehead atoms. The zero-order valence-electron chi connectivity index (χ0n) is 12.6. The molecule has 0 heterocycles. The van der Waals surface area contributed by atoms with E-state index in [0.29, 0.717) is 5.56 Å². The van der Waals surface area contributed by atoms with Gasteiger partial charge in [-0.15, -0.1) is 0 Å². The molecule has 25 heavy (non-hydrogen) atoms. The normalized spacial score (nSPS) is 11.0. The third-order valence-electron chi connectivity index (χ3n) is 3.16. The molecule has 2 aromatic rings. The third kappa shape index (κ3) is 4.35. The van der Waals surface area contributed by atoms with Gasteiger partial charge in [-0.25, -0.2) is 9.59 Å². The van der Waals surface area contributed by atoms with Gasteiger partial charge in [-0.05, 0) is 42.0 Å². The number of anilines is 1. The molecule has 0 aliphatic rings. The second-order valence-corrected chi connectivity index (χ2v) is 4.94. The van der Waals surface area contributed by atoms with Crippen molar-refractivity contribution in [3.63, 3.8) is 0 Å². The molecule has 128 valence electrons. The lowest BCUT2D eigenvalue weighted by molar-refractivity contribution is -0.134. The second kappa shape index (κ2) is 7.18. The first kappa shape index (κ1) is 17.5. The van der Waals surface area contributed by atoms with Crippen LogP contribution < -0.4 is 5.32 Å². The molecule has 0 aromatic heterocycles. The van der Waals surface area contributed by atoms with Crippen LogP contribution in [0.1, 0.15) is 15.9 Å². The molecule has 5 N–H and O–H groups in total. The summed E-state index contributed by atoms with van der Waals surface area (Å²) < 4.78 is 0. The van der Waals surface area contributed by atoms with Crippen molar-refractivity contribution in [2.24, 2.45) is 0 Å². The van der Waals surface area contributed by atoms with Crippen molar-refractivity contribution in [1.29, 1.82) is 0 Å². The molecule has 1 amide bonds. The SMILES string of the molecule is O=C(O)C(=Cc1ccc(O)cc1)C(=O)Nc1ccc(O)cc1C(=O)O. The zero-order valence-corrected chi connectivity index (χ0v) is 12.6. The van der Waals surface area contributed by atoms with Crippen LogP contribution >= 0.6 is 0 Å². The van der Waals surface area contributed by atoms with E-state index in [1.807, 2.05) is 0 Å². The summed E-state index contributed by atoms with van der Waals surface area (Å²) in [7, 11) is 0. The molecule has 2 rings (SSSR count). The van der Waals surface area contributed by atoms with E-state index in [0.717, 1.165) is 24.3 Å². The van der Waals surface area contributed by atoms with Crippen LogP contribution in [0.4, 0.5) is 5.69 Å². The molecule has 2 aromatic carbocycles. The average molecular weight is 343 g/mol. The number of carboxylic acids is 2. The fourth-order valence-corrected chi connectivity index (χ4v) is 1.97. The molecular weight excluding hydrogens is 330 g/mol. The van der Waals surface area contributed by atoms with Gasteiger partial charge in [0.25, 0.3) is 5.91 Å². The van der Waals surface area contributed by atoms with E-state index in [-0.39, 0.29) is 22.7 Å². The van der Waals surface area contributed by atoms with Gasteiger partial charge in [0.15, 0.2) is 0 Å². The Morgan fingerprint density at radius 2 is 1.48 bits per heavy atom. The van der Waals surface area contributed by atoms with Crippen molar-refractivity contribution in [2.75, 3.05) is 5.32 Å². The molecule has 0 aliphatic heterocycles. The lowest BCUT2D eigenvalue weighted by Crippen LogP contribution is -2.21. The summed E-state index contributed by atoms with van der Waals surface area (Å²) in [6, 6.07) is 8.71. The number of nitrogens with one attached hydrogen (secondary N) is 1. The van der Waals surface area contributed by atoms with Crippen LogP contribution in [0.15, 0.2) is 48.0 Å². The molecule has 0 fully saturated rings. The smallest absolute Gasteiger partial charge is 0.341 e. The molecule has 0 saturated carbocycles. The van der Waals surface area contributed by atoms with Gasteiger partial charge in [-0.1, -0.05) is 12.1 Å². The first-order chi connectivity index (χ1) is 11.8. The standard InChI is InChI=1S/C17H13NO7/c19-10-3-1-9(2-4-10)7-13(17(24)25)15(21)18-14-6-5-11(20)8-12(14)16(22)23/h1-8,19-20H,(H,18,21)(H,22,23)(H,24,25). The number of carbonyl (C=O) groups is 3. The number of aliphatic carboxylic acids is 1. The van der Waals surface area contributed by atoms with Crippen LogP contribution in [0, 0.1) is 0 Å². The topological polar surface area (TPSA) is 144 Å². The van der Waals surface area contributed by atoms with E-state index < -0.39 is 23.4 Å². The van der Waals surface area contributed by atoms with E-state index in [2.05, 4.69) is 5.32 Å². The molecule has 8 heteroatoms. The molecule has 0 unspecified atom stereocenters. The number of phenolic OH excluding ortho intramolecular Hbond substituents is 2. The minimum Gasteiger partial charge on any atom is -0.508 e. The Morgan fingerprint density at radius 1 is 0.880 bits per heavy atom. The maximum absolute atomic E-state index is 12.2. The van der Waals surface area contributed by atoms with Gasteiger partial charge >= 0.3 is 11.9 Å². The highest BCUT2D eigenvalue weighted by atomic mass is 16.4. The molecule has 0 aliphatic carbocycles. The van der Waals surface area contributed by atoms with Gasteiger partial charge in [0.1, 0.15) is 17.1 Å². The van der Waals surface area contributed by atoms with Crippen molar-refractivity contribution < 1.29 is 34.8 Å². The van der Waals surface area contributed by atoms with Crippen molar-refractivity contribution in [2.45, 2.75) is 0 Å². The Morgan fingerprint density at radius 3 is 2.04 bits per heavy atom. The average Bonchev–Trinajstić information content (AvgIpc) is 2.55. The number of phenols is 2. The van der Waals surface area contributed by atoms with Gasteiger partial charge in [-0.2, -0.15) is 0 Å². The van der Waals surface area contributed by atoms with E-state index in [1.165, 1.54) is 24.3 Å². The lowest BCUT2D eigenvalue weighted by atomic mass is 10.1. The summed E-state index contributed by atoms with van der Waals surface area (Å²) in [6.07, 6.45) is 1.08. The Balaban J connectivity index is 2.35. The molecule has 0 saturated heterocycles. The summed E-state index contributed by atoms with van der Waals surface area (Å²) in [5.41, 5.74) is -0.819. The third-order valence-corrected chi connectivity index (χ3v) is 3.16. The largest absolute Gasteiger partial charge is 0.508 e. The summed E-state index contributed by atoms with van der Waals surface area (Å²) >= 11 is 0. The van der Waals surface area contributed by atoms with Gasteiger partial charge in [0.2, 0.25) is 0 Å². The molecular formula is C17H13NO7. The van der Waals surface area contributed by atoms with E-state index in [9.17, 15) is 29.7 Å². The Bertz CT molecular complexity index is 869. The number of aromatic carboxylic acids is 1. The Labute approximate surface area is 141 Å². The highest BCUT2D eigenvalue weighted by Crippen LogP contribution is 2.22. The highest BCUT2D eigenvalue weighted by molar-refractivity contribution is 6.24. The predicted molar refractivity (Wildman–Crippen MR) is 87.4 cm³/mol. The van der Waals surface area contributed by atoms with Crippen LogP contribution in [-0.2, 0) is 9.59 Å². The maximum atomic E-state index is 12.2. The Hall–Kier alpha value is -3.81. The van der Waals surface area contributed by atoms with Crippen LogP contribution in [0.25, 0.3) is 6.08 Å². The van der Waals surface area contributed by atoms with Gasteiger partial charge in [0, 0.05) is 0 Å². The molecule has 0 atom stereocenters. The van der Waals surface area contributed by atoms with Crippen molar-refractivity contribution in [3.05, 3.63) is 59.2 Å². The highest BCUT2D eigenvalue weighted by Gasteiger charge is 2.20. The number of aromatic hydroxyl groups is 2. The number of carboxylic acid groups (broad SMARTS) is 2. The minimum absolute atomic E-state index is 0.0198. The monoisotopic (exact) mass is 343 g/mol. The van der Waals surface area contributed by atoms with Crippen LogP contribution in [0.2, 0.25) is 0 Å². The first-order valence-electron chi connectivity index (χ1n) is 6.89. The lowest BCUT2D eigenvalue weighted by Gasteiger charge is -2.09. The number of hydrogen-bond donors (Lipinski definition) is 5. The van der Waals surface area contributed by atoms with Crippen LogP contribution in [0.3, 0.4) is 0 Å². The molecule has 8 nitrogen and oxygen atoms in total.